The van der Waals surface area contributed by atoms with E-state index in [1.54, 1.807) is 12.4 Å². The van der Waals surface area contributed by atoms with Gasteiger partial charge in [0.1, 0.15) is 5.78 Å². The number of para-hydroxylation sites is 1. The second-order valence-electron chi connectivity index (χ2n) is 15.3. The van der Waals surface area contributed by atoms with Crippen LogP contribution in [0.15, 0.2) is 79.4 Å². The fraction of sp³-hybridized carbons (Fsp3) is 0.605. The van der Waals surface area contributed by atoms with Crippen LogP contribution in [0.5, 0.6) is 0 Å². The molecule has 0 amide bonds. The molecule has 300 valence electrons. The Kier molecular flexibility index (Phi) is 15.7. The van der Waals surface area contributed by atoms with E-state index in [1.807, 2.05) is 36.7 Å². The van der Waals surface area contributed by atoms with Crippen molar-refractivity contribution in [3.05, 3.63) is 79.4 Å². The van der Waals surface area contributed by atoms with Crippen LogP contribution in [0.3, 0.4) is 0 Å². The van der Waals surface area contributed by atoms with Gasteiger partial charge in [-0.15, -0.1) is 0 Å². The van der Waals surface area contributed by atoms with E-state index in [2.05, 4.69) is 79.5 Å². The highest BCUT2D eigenvalue weighted by molar-refractivity contribution is 5.81. The summed E-state index contributed by atoms with van der Waals surface area (Å²) in [7, 11) is 0. The lowest BCUT2D eigenvalue weighted by Gasteiger charge is -2.38. The molecule has 2 N–H and O–H groups in total. The van der Waals surface area contributed by atoms with E-state index in [9.17, 15) is 4.79 Å². The summed E-state index contributed by atoms with van der Waals surface area (Å²) in [4.78, 5) is 26.1. The van der Waals surface area contributed by atoms with Crippen LogP contribution in [0.2, 0.25) is 0 Å². The number of nitrogens with one attached hydrogen (secondary N) is 2. The van der Waals surface area contributed by atoms with Crippen molar-refractivity contribution in [1.82, 2.24) is 20.6 Å². The normalized spacial score (nSPS) is 22.0. The Labute approximate surface area is 328 Å². The average molecular weight is 758 g/mol. The summed E-state index contributed by atoms with van der Waals surface area (Å²) in [5.74, 6) is -0.0836. The lowest BCUT2D eigenvalue weighted by atomic mass is 10.0. The van der Waals surface area contributed by atoms with Gasteiger partial charge in [0, 0.05) is 145 Å². The summed E-state index contributed by atoms with van der Waals surface area (Å²) in [5, 5.41) is 6.90. The minimum atomic E-state index is -0.274. The smallest absolute Gasteiger partial charge is 0.171 e. The van der Waals surface area contributed by atoms with Crippen LogP contribution < -0.4 is 25.3 Å². The third-order valence-electron chi connectivity index (χ3n) is 11.1. The number of carbonyl (C=O) groups excluding carboxylic acids is 1. The van der Waals surface area contributed by atoms with E-state index in [-0.39, 0.29) is 11.6 Å². The SMILES string of the molecule is C1CC2(CCN1)OCCO2.CC(C)NC1CCN(c2ccccc2)CC1.O=C1CCN(c2ccncc2)CC1.c1cc(N2CCC3(CC2)OCCO3)ccn1. The van der Waals surface area contributed by atoms with E-state index in [0.717, 1.165) is 91.4 Å². The second-order valence-corrected chi connectivity index (χ2v) is 15.3. The number of nitrogens with zero attached hydrogens (tertiary/aromatic N) is 5. The number of hydrogen-bond acceptors (Lipinski definition) is 12. The van der Waals surface area contributed by atoms with Crippen molar-refractivity contribution in [2.75, 3.05) is 93.5 Å². The average Bonchev–Trinajstić information content (AvgIpc) is 3.90. The third kappa shape index (κ3) is 12.7. The predicted octanol–water partition coefficient (Wildman–Crippen LogP) is 5.44. The summed E-state index contributed by atoms with van der Waals surface area (Å²) in [6.07, 6.45) is 15.0. The first-order valence-corrected chi connectivity index (χ1v) is 20.6. The van der Waals surface area contributed by atoms with Gasteiger partial charge in [-0.3, -0.25) is 14.8 Å². The van der Waals surface area contributed by atoms with Crippen LogP contribution >= 0.6 is 0 Å². The van der Waals surface area contributed by atoms with Crippen LogP contribution in [0.1, 0.15) is 65.2 Å². The van der Waals surface area contributed by atoms with Crippen LogP contribution in [0.4, 0.5) is 17.1 Å². The Hall–Kier alpha value is -3.65. The molecule has 6 fully saturated rings. The number of hydrogen-bond donors (Lipinski definition) is 2. The molecule has 9 rings (SSSR count). The zero-order chi connectivity index (χ0) is 38.2. The molecule has 12 heteroatoms. The number of rotatable bonds is 5. The lowest BCUT2D eigenvalue weighted by molar-refractivity contribution is -0.172. The van der Waals surface area contributed by atoms with Gasteiger partial charge in [0.15, 0.2) is 11.6 Å². The van der Waals surface area contributed by atoms with Crippen molar-refractivity contribution < 1.29 is 23.7 Å². The first-order valence-electron chi connectivity index (χ1n) is 20.6. The van der Waals surface area contributed by atoms with E-state index >= 15 is 0 Å². The molecule has 2 spiro atoms. The van der Waals surface area contributed by atoms with Gasteiger partial charge in [0.25, 0.3) is 0 Å². The number of ether oxygens (including phenoxy) is 4. The summed E-state index contributed by atoms with van der Waals surface area (Å²) in [6.45, 7) is 15.6. The quantitative estimate of drug-likeness (QED) is 0.346. The van der Waals surface area contributed by atoms with Gasteiger partial charge in [-0.1, -0.05) is 32.0 Å². The Morgan fingerprint density at radius 3 is 1.55 bits per heavy atom. The number of carbonyl (C=O) groups is 1. The summed E-state index contributed by atoms with van der Waals surface area (Å²) in [6, 6.07) is 20.1. The maximum atomic E-state index is 11.0. The molecule has 1 aromatic carbocycles. The molecule has 2 aromatic heterocycles. The van der Waals surface area contributed by atoms with Crippen LogP contribution in [0, 0.1) is 0 Å². The van der Waals surface area contributed by atoms with Crippen molar-refractivity contribution >= 4 is 22.8 Å². The highest BCUT2D eigenvalue weighted by Gasteiger charge is 2.40. The maximum Gasteiger partial charge on any atom is 0.171 e. The van der Waals surface area contributed by atoms with Crippen LogP contribution in [0.25, 0.3) is 0 Å². The topological polar surface area (TPSA) is 114 Å². The van der Waals surface area contributed by atoms with Crippen molar-refractivity contribution in [3.63, 3.8) is 0 Å². The number of piperidine rings is 4. The highest BCUT2D eigenvalue weighted by atomic mass is 16.7. The van der Waals surface area contributed by atoms with Gasteiger partial charge >= 0.3 is 0 Å². The minimum Gasteiger partial charge on any atom is -0.371 e. The number of aromatic nitrogens is 2. The van der Waals surface area contributed by atoms with Gasteiger partial charge in [0.2, 0.25) is 0 Å². The molecule has 6 saturated heterocycles. The van der Waals surface area contributed by atoms with Gasteiger partial charge in [-0.2, -0.15) is 0 Å². The van der Waals surface area contributed by atoms with E-state index in [4.69, 9.17) is 18.9 Å². The van der Waals surface area contributed by atoms with E-state index in [0.29, 0.717) is 30.7 Å². The van der Waals surface area contributed by atoms with Gasteiger partial charge in [-0.25, -0.2) is 0 Å². The lowest BCUT2D eigenvalue weighted by Crippen LogP contribution is -2.45. The Morgan fingerprint density at radius 2 is 1.05 bits per heavy atom. The second kappa shape index (κ2) is 21.0. The molecule has 55 heavy (non-hydrogen) atoms. The third-order valence-corrected chi connectivity index (χ3v) is 11.1. The summed E-state index contributed by atoms with van der Waals surface area (Å²) < 4.78 is 22.4. The van der Waals surface area contributed by atoms with E-state index < -0.39 is 0 Å². The number of ketones is 1. The molecular weight excluding hydrogens is 695 g/mol. The molecule has 0 radical (unpaired) electrons. The Balaban J connectivity index is 0.000000126. The maximum absolute atomic E-state index is 11.0. The fourth-order valence-corrected chi connectivity index (χ4v) is 8.02. The first kappa shape index (κ1) is 41.0. The molecule has 0 unspecified atom stereocenters. The highest BCUT2D eigenvalue weighted by Crippen LogP contribution is 2.33. The Bertz CT molecular complexity index is 1490. The fourth-order valence-electron chi connectivity index (χ4n) is 8.02. The monoisotopic (exact) mass is 757 g/mol. The van der Waals surface area contributed by atoms with Crippen molar-refractivity contribution in [1.29, 1.82) is 0 Å². The first-order chi connectivity index (χ1) is 26.9. The minimum absolute atomic E-state index is 0.189. The molecule has 6 aliphatic heterocycles. The van der Waals surface area contributed by atoms with Gasteiger partial charge in [-0.05, 0) is 49.2 Å². The molecule has 0 atom stereocenters. The predicted molar refractivity (Wildman–Crippen MR) is 218 cm³/mol. The number of benzene rings is 1. The molecule has 12 nitrogen and oxygen atoms in total. The molecule has 3 aromatic rings. The summed E-state index contributed by atoms with van der Waals surface area (Å²) in [5.41, 5.74) is 3.77. The standard InChI is InChI=1S/C14H22N2.C12H16N2O2.C10H12N2O.C7H13NO2/c1-12(2)15-13-8-10-16(11-9-13)14-6-4-3-5-7-14;1-5-13-6-2-11(1)14-7-3-12(4-8-14)15-9-10-16-12;13-10-3-7-12(8-4-10)9-1-5-11-6-2-9;1-3-8-4-2-7(1)9-5-6-10-7/h3-7,12-13,15H,8-11H2,1-2H3;1-2,5-6H,3-4,7-10H2;1-2,5-6H,3-4,7-8H2;8H,1-6H2. The van der Waals surface area contributed by atoms with Gasteiger partial charge < -0.3 is 44.3 Å². The van der Waals surface area contributed by atoms with Crippen molar-refractivity contribution in [2.45, 2.75) is 88.9 Å². The zero-order valence-electron chi connectivity index (χ0n) is 33.1. The molecule has 0 bridgehead atoms. The molecule has 6 aliphatic rings. The van der Waals surface area contributed by atoms with Crippen LogP contribution in [-0.4, -0.2) is 118 Å². The number of anilines is 3. The number of Topliss-reactive ketones (excluding diaryl/α,β-unsaturated/α-hetero) is 1. The zero-order valence-corrected chi connectivity index (χ0v) is 33.1. The van der Waals surface area contributed by atoms with Crippen molar-refractivity contribution in [2.24, 2.45) is 0 Å². The molecule has 8 heterocycles. The van der Waals surface area contributed by atoms with Crippen molar-refractivity contribution in [3.8, 4) is 0 Å². The van der Waals surface area contributed by atoms with Crippen LogP contribution in [-0.2, 0) is 23.7 Å². The Morgan fingerprint density at radius 1 is 0.618 bits per heavy atom. The molecule has 0 saturated carbocycles. The van der Waals surface area contributed by atoms with E-state index in [1.165, 1.54) is 43.0 Å². The summed E-state index contributed by atoms with van der Waals surface area (Å²) >= 11 is 0. The molecular formula is C43H63N7O5. The van der Waals surface area contributed by atoms with Gasteiger partial charge in [0.05, 0.1) is 26.4 Å². The largest absolute Gasteiger partial charge is 0.371 e. The molecule has 0 aliphatic carbocycles. The number of pyridine rings is 2.